The summed E-state index contributed by atoms with van der Waals surface area (Å²) in [5.74, 6) is 6.04. The van der Waals surface area contributed by atoms with Crippen LogP contribution in [-0.4, -0.2) is 25.9 Å². The van der Waals surface area contributed by atoms with Gasteiger partial charge in [-0.15, -0.1) is 0 Å². The first-order valence-electron chi connectivity index (χ1n) is 7.79. The van der Waals surface area contributed by atoms with Gasteiger partial charge in [-0.3, -0.25) is 0 Å². The summed E-state index contributed by atoms with van der Waals surface area (Å²) < 4.78 is 7.98. The van der Waals surface area contributed by atoms with Gasteiger partial charge >= 0.3 is 0 Å². The molecule has 3 N–H and O–H groups in total. The lowest BCUT2D eigenvalue weighted by atomic mass is 10.1. The highest BCUT2D eigenvalue weighted by Gasteiger charge is 2.28. The zero-order chi connectivity index (χ0) is 16.5. The molecule has 2 unspecified atom stereocenters. The minimum atomic E-state index is -0.125. The van der Waals surface area contributed by atoms with Crippen LogP contribution in [0.2, 0.25) is 5.02 Å². The maximum atomic E-state index is 6.18. The molecule has 1 aliphatic rings. The van der Waals surface area contributed by atoms with E-state index in [4.69, 9.17) is 22.2 Å². The molecule has 2 aromatic heterocycles. The number of nitrogens with two attached hydrogens (primary N) is 1. The van der Waals surface area contributed by atoms with Crippen LogP contribution in [0.5, 0.6) is 0 Å². The summed E-state index contributed by atoms with van der Waals surface area (Å²) >= 11 is 5.93. The first-order chi connectivity index (χ1) is 11.7. The average molecular weight is 361 g/mol. The summed E-state index contributed by atoms with van der Waals surface area (Å²) in [6.45, 7) is 0. The number of hydrogen-bond acceptors (Lipinski definition) is 6. The summed E-state index contributed by atoms with van der Waals surface area (Å²) in [5, 5.41) is 5.94. The Balaban J connectivity index is 0.00000182. The highest BCUT2D eigenvalue weighted by molar-refractivity contribution is 6.30. The second-order valence-corrected chi connectivity index (χ2v) is 6.25. The number of anilines is 1. The fourth-order valence-electron chi connectivity index (χ4n) is 3.09. The summed E-state index contributed by atoms with van der Waals surface area (Å²) in [6, 6.07) is 7.88. The number of nitrogens with zero attached hydrogens (tertiary/aromatic N) is 4. The van der Waals surface area contributed by atoms with Crippen LogP contribution in [0.1, 0.15) is 32.1 Å². The van der Waals surface area contributed by atoms with E-state index in [9.17, 15) is 0 Å². The zero-order valence-electron chi connectivity index (χ0n) is 12.9. The Morgan fingerprint density at radius 1 is 1.24 bits per heavy atom. The minimum absolute atomic E-state index is 0. The Morgan fingerprint density at radius 2 is 2.04 bits per heavy atom. The average Bonchev–Trinajstić information content (AvgIpc) is 3.23. The SMILES string of the molecule is C.NNc1ncnc2c1cnn2C1CCC(Cc2ccc(Cl)cc2)O1. The molecule has 1 saturated heterocycles. The quantitative estimate of drug-likeness (QED) is 0.548. The highest BCUT2D eigenvalue weighted by atomic mass is 35.5. The summed E-state index contributed by atoms with van der Waals surface area (Å²) in [4.78, 5) is 8.40. The molecule has 1 fully saturated rings. The lowest BCUT2D eigenvalue weighted by molar-refractivity contribution is -0.00227. The van der Waals surface area contributed by atoms with Gasteiger partial charge in [0, 0.05) is 5.02 Å². The Morgan fingerprint density at radius 3 is 2.80 bits per heavy atom. The van der Waals surface area contributed by atoms with Crippen LogP contribution in [0.15, 0.2) is 36.8 Å². The van der Waals surface area contributed by atoms with Crippen molar-refractivity contribution in [1.82, 2.24) is 19.7 Å². The fourth-order valence-corrected chi connectivity index (χ4v) is 3.21. The van der Waals surface area contributed by atoms with E-state index in [0.717, 1.165) is 35.3 Å². The van der Waals surface area contributed by atoms with Crippen LogP contribution < -0.4 is 11.3 Å². The number of nitrogen functional groups attached to an aromatic ring is 1. The van der Waals surface area contributed by atoms with Gasteiger partial charge < -0.3 is 10.2 Å². The third-order valence-electron chi connectivity index (χ3n) is 4.26. The van der Waals surface area contributed by atoms with Crippen molar-refractivity contribution in [2.75, 3.05) is 5.43 Å². The standard InChI is InChI=1S/C16H17ClN6O.CH4/c17-11-3-1-10(2-4-11)7-12-5-6-14(24-12)23-16-13(8-21-23)15(22-18)19-9-20-16;/h1-4,8-9,12,14H,5-7,18H2,(H,19,20,22);1H4. The van der Waals surface area contributed by atoms with Crippen molar-refractivity contribution in [1.29, 1.82) is 0 Å². The second kappa shape index (κ2) is 7.35. The summed E-state index contributed by atoms with van der Waals surface area (Å²) in [5.41, 5.74) is 4.50. The number of ether oxygens (including phenoxy) is 1. The van der Waals surface area contributed by atoms with E-state index in [1.165, 1.54) is 11.9 Å². The molecule has 3 heterocycles. The number of benzene rings is 1. The third-order valence-corrected chi connectivity index (χ3v) is 4.51. The maximum Gasteiger partial charge on any atom is 0.166 e. The Bertz CT molecular complexity index is 850. The van der Waals surface area contributed by atoms with Crippen LogP contribution in [-0.2, 0) is 11.2 Å². The molecule has 2 atom stereocenters. The van der Waals surface area contributed by atoms with Crippen LogP contribution in [0, 0.1) is 0 Å². The molecular formula is C17H21ClN6O. The van der Waals surface area contributed by atoms with Crippen molar-refractivity contribution >= 4 is 28.5 Å². The number of hydrazine groups is 1. The largest absolute Gasteiger partial charge is 0.353 e. The van der Waals surface area contributed by atoms with E-state index in [1.807, 2.05) is 24.3 Å². The van der Waals surface area contributed by atoms with Gasteiger partial charge in [-0.05, 0) is 37.0 Å². The smallest absolute Gasteiger partial charge is 0.166 e. The van der Waals surface area contributed by atoms with Gasteiger partial charge in [-0.2, -0.15) is 5.10 Å². The number of aromatic nitrogens is 4. The van der Waals surface area contributed by atoms with E-state index in [2.05, 4.69) is 20.5 Å². The minimum Gasteiger partial charge on any atom is -0.353 e. The predicted molar refractivity (Wildman–Crippen MR) is 98.2 cm³/mol. The lowest BCUT2D eigenvalue weighted by Gasteiger charge is -2.15. The fraction of sp³-hybridized carbons (Fsp3) is 0.353. The van der Waals surface area contributed by atoms with Gasteiger partial charge in [0.25, 0.3) is 0 Å². The van der Waals surface area contributed by atoms with Crippen LogP contribution in [0.25, 0.3) is 11.0 Å². The number of rotatable bonds is 4. The highest BCUT2D eigenvalue weighted by Crippen LogP contribution is 2.32. The monoisotopic (exact) mass is 360 g/mol. The van der Waals surface area contributed by atoms with E-state index in [0.29, 0.717) is 5.82 Å². The van der Waals surface area contributed by atoms with Crippen LogP contribution in [0.3, 0.4) is 0 Å². The van der Waals surface area contributed by atoms with E-state index < -0.39 is 0 Å². The molecule has 0 saturated carbocycles. The number of nitrogens with one attached hydrogen (secondary N) is 1. The summed E-state index contributed by atoms with van der Waals surface area (Å²) in [7, 11) is 0. The van der Waals surface area contributed by atoms with Gasteiger partial charge in [-0.1, -0.05) is 31.2 Å². The van der Waals surface area contributed by atoms with Gasteiger partial charge in [0.15, 0.2) is 17.7 Å². The molecule has 0 bridgehead atoms. The van der Waals surface area contributed by atoms with Gasteiger partial charge in [0.2, 0.25) is 0 Å². The van der Waals surface area contributed by atoms with Crippen molar-refractivity contribution in [3.8, 4) is 0 Å². The van der Waals surface area contributed by atoms with Crippen molar-refractivity contribution < 1.29 is 4.74 Å². The Hall–Kier alpha value is -2.22. The molecule has 132 valence electrons. The normalized spacial score (nSPS) is 19.8. The van der Waals surface area contributed by atoms with Crippen molar-refractivity contribution in [3.63, 3.8) is 0 Å². The van der Waals surface area contributed by atoms with Crippen LogP contribution >= 0.6 is 11.6 Å². The van der Waals surface area contributed by atoms with Gasteiger partial charge in [0.1, 0.15) is 6.33 Å². The molecule has 0 aliphatic carbocycles. The maximum absolute atomic E-state index is 6.18. The molecule has 0 amide bonds. The molecule has 4 rings (SSSR count). The zero-order valence-corrected chi connectivity index (χ0v) is 13.6. The van der Waals surface area contributed by atoms with E-state index in [-0.39, 0.29) is 19.8 Å². The van der Waals surface area contributed by atoms with E-state index in [1.54, 1.807) is 10.9 Å². The number of hydrogen-bond donors (Lipinski definition) is 2. The molecule has 3 aromatic rings. The van der Waals surface area contributed by atoms with Crippen molar-refractivity contribution in [2.45, 2.75) is 39.0 Å². The second-order valence-electron chi connectivity index (χ2n) is 5.81. The number of halogens is 1. The third kappa shape index (κ3) is 3.44. The molecule has 1 aromatic carbocycles. The Kier molecular flexibility index (Phi) is 5.17. The van der Waals surface area contributed by atoms with Crippen LogP contribution in [0.4, 0.5) is 5.82 Å². The lowest BCUT2D eigenvalue weighted by Crippen LogP contribution is -2.15. The first-order valence-corrected chi connectivity index (χ1v) is 8.17. The summed E-state index contributed by atoms with van der Waals surface area (Å²) in [6.07, 6.45) is 5.93. The van der Waals surface area contributed by atoms with Gasteiger partial charge in [0.05, 0.1) is 17.7 Å². The molecule has 0 spiro atoms. The number of fused-ring (bicyclic) bond motifs is 1. The van der Waals surface area contributed by atoms with Crippen molar-refractivity contribution in [2.24, 2.45) is 5.84 Å². The van der Waals surface area contributed by atoms with E-state index >= 15 is 0 Å². The first kappa shape index (κ1) is 17.6. The van der Waals surface area contributed by atoms with Gasteiger partial charge in [-0.25, -0.2) is 20.5 Å². The molecule has 0 radical (unpaired) electrons. The predicted octanol–water partition coefficient (Wildman–Crippen LogP) is 3.32. The molecule has 1 aliphatic heterocycles. The molecular weight excluding hydrogens is 340 g/mol. The molecule has 25 heavy (non-hydrogen) atoms. The topological polar surface area (TPSA) is 90.9 Å². The van der Waals surface area contributed by atoms with Crippen molar-refractivity contribution in [3.05, 3.63) is 47.4 Å². The molecule has 7 nitrogen and oxygen atoms in total. The molecule has 8 heteroatoms. The Labute approximate surface area is 151 Å².